The van der Waals surface area contributed by atoms with E-state index in [1.54, 1.807) is 0 Å². The van der Waals surface area contributed by atoms with E-state index in [0.717, 1.165) is 29.5 Å². The van der Waals surface area contributed by atoms with Crippen molar-refractivity contribution in [2.75, 3.05) is 12.4 Å². The summed E-state index contributed by atoms with van der Waals surface area (Å²) in [4.78, 5) is 16.1. The molecule has 0 saturated heterocycles. The molecule has 3 aromatic rings. The van der Waals surface area contributed by atoms with Gasteiger partial charge in [0.05, 0.1) is 6.61 Å². The van der Waals surface area contributed by atoms with Gasteiger partial charge in [0.15, 0.2) is 5.75 Å². The topological polar surface area (TPSA) is 42.1 Å². The Morgan fingerprint density at radius 2 is 1.74 bits per heavy atom. The lowest BCUT2D eigenvalue weighted by Crippen LogP contribution is -2.11. The van der Waals surface area contributed by atoms with Crippen LogP contribution in [0.15, 0.2) is 70.4 Å². The molecule has 0 amide bonds. The lowest BCUT2D eigenvalue weighted by atomic mass is 10.2. The number of H-pyrrole nitrogens is 1. The Balaban J connectivity index is 1.45. The van der Waals surface area contributed by atoms with Gasteiger partial charge in [-0.25, -0.2) is 0 Å². The molecule has 0 atom stereocenters. The molecule has 0 bridgehead atoms. The Bertz CT molecular complexity index is 814. The van der Waals surface area contributed by atoms with Gasteiger partial charge >= 0.3 is 0 Å². The summed E-state index contributed by atoms with van der Waals surface area (Å²) in [5, 5.41) is 0.988. The highest BCUT2D eigenvalue weighted by Crippen LogP contribution is 2.18. The molecule has 3 nitrogen and oxygen atoms in total. The van der Waals surface area contributed by atoms with Crippen molar-refractivity contribution in [2.45, 2.75) is 17.7 Å². The maximum Gasteiger partial charge on any atom is 0.290 e. The molecule has 1 heterocycles. The van der Waals surface area contributed by atoms with Crippen molar-refractivity contribution in [3.05, 3.63) is 71.0 Å². The number of pyridine rings is 1. The van der Waals surface area contributed by atoms with Gasteiger partial charge in [0.2, 0.25) is 0 Å². The van der Waals surface area contributed by atoms with Crippen LogP contribution in [-0.2, 0) is 0 Å². The monoisotopic (exact) mass is 325 g/mol. The summed E-state index contributed by atoms with van der Waals surface area (Å²) in [7, 11) is 0. The normalized spacial score (nSPS) is 10.8. The molecule has 3 rings (SSSR count). The van der Waals surface area contributed by atoms with E-state index < -0.39 is 0 Å². The van der Waals surface area contributed by atoms with Crippen LogP contribution >= 0.6 is 11.8 Å². The summed E-state index contributed by atoms with van der Waals surface area (Å²) in [6.45, 7) is 0.566. The molecular formula is C19H19NO2S. The SMILES string of the molecule is O=c1[nH]c2ccccc2cc1OCCCCSc1ccccc1. The zero-order valence-electron chi connectivity index (χ0n) is 12.8. The fraction of sp³-hybridized carbons (Fsp3) is 0.211. The molecule has 1 aromatic heterocycles. The third-order valence-corrected chi connectivity index (χ3v) is 4.63. The van der Waals surface area contributed by atoms with E-state index in [0.29, 0.717) is 12.4 Å². The zero-order valence-corrected chi connectivity index (χ0v) is 13.6. The average Bonchev–Trinajstić information content (AvgIpc) is 2.59. The summed E-state index contributed by atoms with van der Waals surface area (Å²) in [6, 6.07) is 19.9. The number of nitrogens with one attached hydrogen (secondary N) is 1. The molecular weight excluding hydrogens is 306 g/mol. The molecule has 4 heteroatoms. The highest BCUT2D eigenvalue weighted by Gasteiger charge is 2.03. The Morgan fingerprint density at radius 1 is 0.957 bits per heavy atom. The highest BCUT2D eigenvalue weighted by atomic mass is 32.2. The number of fused-ring (bicyclic) bond motifs is 1. The van der Waals surface area contributed by atoms with E-state index >= 15 is 0 Å². The maximum atomic E-state index is 12.0. The Labute approximate surface area is 139 Å². The molecule has 0 spiro atoms. The molecule has 0 aliphatic heterocycles. The second-order valence-corrected chi connectivity index (χ2v) is 6.44. The summed E-state index contributed by atoms with van der Waals surface area (Å²) in [5.74, 6) is 1.46. The Kier molecular flexibility index (Phi) is 5.37. The first-order chi connectivity index (χ1) is 11.3. The molecule has 2 aromatic carbocycles. The van der Waals surface area contributed by atoms with Crippen LogP contribution in [-0.4, -0.2) is 17.3 Å². The first-order valence-electron chi connectivity index (χ1n) is 7.76. The summed E-state index contributed by atoms with van der Waals surface area (Å²) < 4.78 is 5.64. The fourth-order valence-electron chi connectivity index (χ4n) is 2.33. The smallest absolute Gasteiger partial charge is 0.290 e. The third-order valence-electron chi connectivity index (χ3n) is 3.53. The van der Waals surface area contributed by atoms with Crippen LogP contribution in [0.5, 0.6) is 5.75 Å². The highest BCUT2D eigenvalue weighted by molar-refractivity contribution is 7.99. The number of benzene rings is 2. The first-order valence-corrected chi connectivity index (χ1v) is 8.74. The van der Waals surface area contributed by atoms with Crippen molar-refractivity contribution in [3.8, 4) is 5.75 Å². The number of thioether (sulfide) groups is 1. The lowest BCUT2D eigenvalue weighted by molar-refractivity contribution is 0.306. The molecule has 118 valence electrons. The van der Waals surface area contributed by atoms with Crippen LogP contribution in [0.2, 0.25) is 0 Å². The summed E-state index contributed by atoms with van der Waals surface area (Å²) in [5.41, 5.74) is 0.673. The number of rotatable bonds is 7. The summed E-state index contributed by atoms with van der Waals surface area (Å²) >= 11 is 1.85. The van der Waals surface area contributed by atoms with E-state index in [1.165, 1.54) is 4.90 Å². The number of aromatic amines is 1. The molecule has 0 unspecified atom stereocenters. The van der Waals surface area contributed by atoms with Crippen LogP contribution in [0.3, 0.4) is 0 Å². The standard InChI is InChI=1S/C19H19NO2S/c21-19-18(14-15-8-4-5-11-17(15)20-19)22-12-6-7-13-23-16-9-2-1-3-10-16/h1-5,8-11,14H,6-7,12-13H2,(H,20,21). The van der Waals surface area contributed by atoms with Crippen LogP contribution in [0.25, 0.3) is 10.9 Å². The predicted octanol–water partition coefficient (Wildman–Crippen LogP) is 4.48. The molecule has 1 N–H and O–H groups in total. The van der Waals surface area contributed by atoms with Gasteiger partial charge in [0, 0.05) is 15.8 Å². The van der Waals surface area contributed by atoms with Crippen molar-refractivity contribution in [1.82, 2.24) is 4.98 Å². The molecule has 0 radical (unpaired) electrons. The summed E-state index contributed by atoms with van der Waals surface area (Å²) in [6.07, 6.45) is 2.00. The van der Waals surface area contributed by atoms with Gasteiger partial charge in [0.25, 0.3) is 5.56 Å². The van der Waals surface area contributed by atoms with E-state index in [-0.39, 0.29) is 5.56 Å². The van der Waals surface area contributed by atoms with Crippen molar-refractivity contribution in [2.24, 2.45) is 0 Å². The van der Waals surface area contributed by atoms with Gasteiger partial charge in [0.1, 0.15) is 0 Å². The molecule has 0 saturated carbocycles. The van der Waals surface area contributed by atoms with Crippen LogP contribution in [0, 0.1) is 0 Å². The predicted molar refractivity (Wildman–Crippen MR) is 96.5 cm³/mol. The van der Waals surface area contributed by atoms with Crippen LogP contribution < -0.4 is 10.3 Å². The van der Waals surface area contributed by atoms with Gasteiger partial charge in [-0.3, -0.25) is 4.79 Å². The van der Waals surface area contributed by atoms with Crippen molar-refractivity contribution in [1.29, 1.82) is 0 Å². The Hall–Kier alpha value is -2.20. The van der Waals surface area contributed by atoms with Crippen LogP contribution in [0.4, 0.5) is 0 Å². The minimum Gasteiger partial charge on any atom is -0.488 e. The van der Waals surface area contributed by atoms with Crippen LogP contribution in [0.1, 0.15) is 12.8 Å². The van der Waals surface area contributed by atoms with E-state index in [4.69, 9.17) is 4.74 Å². The number of ether oxygens (including phenoxy) is 1. The van der Waals surface area contributed by atoms with Gasteiger partial charge in [-0.05, 0) is 42.9 Å². The van der Waals surface area contributed by atoms with E-state index in [2.05, 4.69) is 29.2 Å². The van der Waals surface area contributed by atoms with Gasteiger partial charge in [-0.2, -0.15) is 0 Å². The first kappa shape index (κ1) is 15.7. The maximum absolute atomic E-state index is 12.0. The number of aromatic nitrogens is 1. The number of hydrogen-bond donors (Lipinski definition) is 1. The average molecular weight is 325 g/mol. The minimum absolute atomic E-state index is 0.164. The molecule has 0 fully saturated rings. The second-order valence-electron chi connectivity index (χ2n) is 5.27. The number of para-hydroxylation sites is 1. The van der Waals surface area contributed by atoms with E-state index in [1.807, 2.05) is 48.2 Å². The lowest BCUT2D eigenvalue weighted by Gasteiger charge is -2.06. The number of hydrogen-bond acceptors (Lipinski definition) is 3. The largest absolute Gasteiger partial charge is 0.488 e. The van der Waals surface area contributed by atoms with E-state index in [9.17, 15) is 4.79 Å². The van der Waals surface area contributed by atoms with Crippen molar-refractivity contribution >= 4 is 22.7 Å². The second kappa shape index (κ2) is 7.88. The van der Waals surface area contributed by atoms with Gasteiger partial charge < -0.3 is 9.72 Å². The molecule has 0 aliphatic rings. The zero-order chi connectivity index (χ0) is 15.9. The molecule has 23 heavy (non-hydrogen) atoms. The number of unbranched alkanes of at least 4 members (excludes halogenated alkanes) is 1. The molecule has 0 aliphatic carbocycles. The van der Waals surface area contributed by atoms with Gasteiger partial charge in [-0.1, -0.05) is 36.4 Å². The van der Waals surface area contributed by atoms with Crippen molar-refractivity contribution < 1.29 is 4.74 Å². The Morgan fingerprint density at radius 3 is 2.61 bits per heavy atom. The van der Waals surface area contributed by atoms with Gasteiger partial charge in [-0.15, -0.1) is 11.8 Å². The third kappa shape index (κ3) is 4.39. The quantitative estimate of drug-likeness (QED) is 0.514. The van der Waals surface area contributed by atoms with Crippen molar-refractivity contribution in [3.63, 3.8) is 0 Å². The minimum atomic E-state index is -0.164. The fourth-order valence-corrected chi connectivity index (χ4v) is 3.26.